The second-order valence-corrected chi connectivity index (χ2v) is 4.25. The summed E-state index contributed by atoms with van der Waals surface area (Å²) in [4.78, 5) is 22.4. The molecule has 1 N–H and O–H groups in total. The molecule has 1 fully saturated rings. The normalized spacial score (nSPS) is 16.4. The lowest BCUT2D eigenvalue weighted by molar-refractivity contribution is 0.0755. The highest BCUT2D eigenvalue weighted by atomic mass is 16.2. The van der Waals surface area contributed by atoms with Crippen molar-refractivity contribution in [3.8, 4) is 0 Å². The number of hydrogen-bond donors (Lipinski definition) is 1. The minimum absolute atomic E-state index is 0.00324. The molecule has 17 heavy (non-hydrogen) atoms. The molecule has 1 aliphatic heterocycles. The fourth-order valence-electron chi connectivity index (χ4n) is 2.03. The predicted molar refractivity (Wildman–Crippen MR) is 66.0 cm³/mol. The zero-order chi connectivity index (χ0) is 12.1. The molecule has 0 saturated carbocycles. The van der Waals surface area contributed by atoms with Crippen molar-refractivity contribution in [3.05, 3.63) is 18.1 Å². The van der Waals surface area contributed by atoms with Crippen molar-refractivity contribution in [1.82, 2.24) is 14.9 Å². The van der Waals surface area contributed by atoms with Crippen molar-refractivity contribution in [3.63, 3.8) is 0 Å². The highest BCUT2D eigenvalue weighted by Crippen LogP contribution is 2.12. The van der Waals surface area contributed by atoms with E-state index in [0.29, 0.717) is 11.5 Å². The van der Waals surface area contributed by atoms with Crippen molar-refractivity contribution in [2.75, 3.05) is 25.5 Å². The Morgan fingerprint density at radius 1 is 1.24 bits per heavy atom. The van der Waals surface area contributed by atoms with Gasteiger partial charge >= 0.3 is 0 Å². The predicted octanol–water partition coefficient (Wildman–Crippen LogP) is 1.53. The maximum absolute atomic E-state index is 12.2. The summed E-state index contributed by atoms with van der Waals surface area (Å²) in [5, 5.41) is 2.89. The van der Waals surface area contributed by atoms with Crippen LogP contribution in [0.4, 0.5) is 5.82 Å². The van der Waals surface area contributed by atoms with Crippen LogP contribution in [0.25, 0.3) is 0 Å². The summed E-state index contributed by atoms with van der Waals surface area (Å²) in [6, 6.07) is 0. The quantitative estimate of drug-likeness (QED) is 0.843. The first-order valence-corrected chi connectivity index (χ1v) is 6.10. The number of amides is 1. The molecule has 0 atom stereocenters. The van der Waals surface area contributed by atoms with Gasteiger partial charge in [-0.15, -0.1) is 0 Å². The maximum Gasteiger partial charge on any atom is 0.274 e. The second kappa shape index (κ2) is 5.61. The first-order chi connectivity index (χ1) is 8.31. The van der Waals surface area contributed by atoms with Crippen LogP contribution in [0.5, 0.6) is 0 Å². The molecule has 92 valence electrons. The summed E-state index contributed by atoms with van der Waals surface area (Å²) in [6.45, 7) is 1.68. The van der Waals surface area contributed by atoms with Crippen LogP contribution in [-0.4, -0.2) is 40.9 Å². The van der Waals surface area contributed by atoms with Gasteiger partial charge in [-0.3, -0.25) is 9.78 Å². The van der Waals surface area contributed by atoms with E-state index in [9.17, 15) is 4.79 Å². The van der Waals surface area contributed by atoms with Gasteiger partial charge in [-0.25, -0.2) is 4.98 Å². The summed E-state index contributed by atoms with van der Waals surface area (Å²) in [6.07, 6.45) is 7.75. The molecule has 0 spiro atoms. The van der Waals surface area contributed by atoms with Crippen molar-refractivity contribution in [2.45, 2.75) is 25.7 Å². The van der Waals surface area contributed by atoms with Gasteiger partial charge in [0.1, 0.15) is 11.5 Å². The zero-order valence-electron chi connectivity index (χ0n) is 10.1. The number of hydrogen-bond acceptors (Lipinski definition) is 4. The van der Waals surface area contributed by atoms with Gasteiger partial charge in [-0.2, -0.15) is 0 Å². The molecule has 0 aromatic carbocycles. The van der Waals surface area contributed by atoms with Crippen LogP contribution < -0.4 is 5.32 Å². The summed E-state index contributed by atoms with van der Waals surface area (Å²) in [5.41, 5.74) is 0.429. The Morgan fingerprint density at radius 2 is 1.94 bits per heavy atom. The molecule has 0 aliphatic carbocycles. The minimum atomic E-state index is -0.00324. The average Bonchev–Trinajstić information content (AvgIpc) is 2.67. The third-order valence-corrected chi connectivity index (χ3v) is 3.00. The molecule has 5 heteroatoms. The summed E-state index contributed by atoms with van der Waals surface area (Å²) < 4.78 is 0. The number of carbonyl (C=O) groups excluding carboxylic acids is 1. The van der Waals surface area contributed by atoms with E-state index in [1.165, 1.54) is 19.0 Å². The molecule has 1 aliphatic rings. The lowest BCUT2D eigenvalue weighted by Crippen LogP contribution is -2.32. The first kappa shape index (κ1) is 11.8. The van der Waals surface area contributed by atoms with Gasteiger partial charge in [-0.1, -0.05) is 12.8 Å². The van der Waals surface area contributed by atoms with Gasteiger partial charge < -0.3 is 10.2 Å². The zero-order valence-corrected chi connectivity index (χ0v) is 10.1. The molecule has 5 nitrogen and oxygen atoms in total. The van der Waals surface area contributed by atoms with Crippen LogP contribution in [0.3, 0.4) is 0 Å². The fourth-order valence-corrected chi connectivity index (χ4v) is 2.03. The van der Waals surface area contributed by atoms with Crippen LogP contribution in [0.2, 0.25) is 0 Å². The fraction of sp³-hybridized carbons (Fsp3) is 0.583. The highest BCUT2D eigenvalue weighted by molar-refractivity contribution is 5.92. The maximum atomic E-state index is 12.2. The third-order valence-electron chi connectivity index (χ3n) is 3.00. The molecular weight excluding hydrogens is 216 g/mol. The topological polar surface area (TPSA) is 58.1 Å². The SMILES string of the molecule is CNc1cncc(C(=O)N2CCCCCC2)n1. The summed E-state index contributed by atoms with van der Waals surface area (Å²) in [7, 11) is 1.77. The molecule has 1 amide bonds. The van der Waals surface area contributed by atoms with E-state index in [1.54, 1.807) is 13.2 Å². The lowest BCUT2D eigenvalue weighted by Gasteiger charge is -2.19. The van der Waals surface area contributed by atoms with Crippen molar-refractivity contribution in [1.29, 1.82) is 0 Å². The van der Waals surface area contributed by atoms with Gasteiger partial charge in [0.15, 0.2) is 0 Å². The van der Waals surface area contributed by atoms with Crippen LogP contribution in [-0.2, 0) is 0 Å². The first-order valence-electron chi connectivity index (χ1n) is 6.10. The minimum Gasteiger partial charge on any atom is -0.372 e. The Bertz CT molecular complexity index is 386. The Kier molecular flexibility index (Phi) is 3.90. The smallest absolute Gasteiger partial charge is 0.274 e. The summed E-state index contributed by atoms with van der Waals surface area (Å²) >= 11 is 0. The molecular formula is C12H18N4O. The molecule has 1 saturated heterocycles. The van der Waals surface area contributed by atoms with Crippen LogP contribution in [0.1, 0.15) is 36.2 Å². The number of aromatic nitrogens is 2. The molecule has 0 unspecified atom stereocenters. The molecule has 2 heterocycles. The highest BCUT2D eigenvalue weighted by Gasteiger charge is 2.18. The van der Waals surface area contributed by atoms with E-state index in [1.807, 2.05) is 4.90 Å². The number of rotatable bonds is 2. The van der Waals surface area contributed by atoms with E-state index in [0.717, 1.165) is 25.9 Å². The number of nitrogens with one attached hydrogen (secondary N) is 1. The number of carbonyl (C=O) groups is 1. The summed E-state index contributed by atoms with van der Waals surface area (Å²) in [5.74, 6) is 0.627. The molecule has 0 radical (unpaired) electrons. The monoisotopic (exact) mass is 234 g/mol. The van der Waals surface area contributed by atoms with Gasteiger partial charge in [0.05, 0.1) is 12.4 Å². The lowest BCUT2D eigenvalue weighted by atomic mass is 10.2. The van der Waals surface area contributed by atoms with Crippen LogP contribution in [0, 0.1) is 0 Å². The van der Waals surface area contributed by atoms with Gasteiger partial charge in [0.2, 0.25) is 0 Å². The molecule has 0 bridgehead atoms. The number of anilines is 1. The Balaban J connectivity index is 2.11. The molecule has 1 aromatic rings. The largest absolute Gasteiger partial charge is 0.372 e. The molecule has 1 aromatic heterocycles. The number of nitrogens with zero attached hydrogens (tertiary/aromatic N) is 3. The Morgan fingerprint density at radius 3 is 2.59 bits per heavy atom. The molecule has 2 rings (SSSR count). The second-order valence-electron chi connectivity index (χ2n) is 4.25. The Hall–Kier alpha value is -1.65. The van der Waals surface area contributed by atoms with E-state index in [4.69, 9.17) is 0 Å². The van der Waals surface area contributed by atoms with E-state index >= 15 is 0 Å². The standard InChI is InChI=1S/C12H18N4O/c1-13-11-9-14-8-10(15-11)12(17)16-6-4-2-3-5-7-16/h8-9H,2-7H2,1H3,(H,13,15). The average molecular weight is 234 g/mol. The van der Waals surface area contributed by atoms with E-state index < -0.39 is 0 Å². The van der Waals surface area contributed by atoms with Gasteiger partial charge in [0.25, 0.3) is 5.91 Å². The van der Waals surface area contributed by atoms with Crippen LogP contribution >= 0.6 is 0 Å². The van der Waals surface area contributed by atoms with Crippen molar-refractivity contribution in [2.24, 2.45) is 0 Å². The van der Waals surface area contributed by atoms with Gasteiger partial charge in [-0.05, 0) is 12.8 Å². The Labute approximate surface area is 101 Å². The van der Waals surface area contributed by atoms with Crippen molar-refractivity contribution < 1.29 is 4.79 Å². The van der Waals surface area contributed by atoms with Crippen LogP contribution in [0.15, 0.2) is 12.4 Å². The number of likely N-dealkylation sites (tertiary alicyclic amines) is 1. The van der Waals surface area contributed by atoms with Crippen molar-refractivity contribution >= 4 is 11.7 Å². The van der Waals surface area contributed by atoms with E-state index in [2.05, 4.69) is 15.3 Å². The van der Waals surface area contributed by atoms with Gasteiger partial charge in [0, 0.05) is 20.1 Å². The van der Waals surface area contributed by atoms with E-state index in [-0.39, 0.29) is 5.91 Å². The third kappa shape index (κ3) is 2.93.